The van der Waals surface area contributed by atoms with Crippen molar-refractivity contribution in [2.45, 2.75) is 51.1 Å². The maximum absolute atomic E-state index is 12.6. The minimum Gasteiger partial charge on any atom is -0.493 e. The standard InChI is InChI=1S/C21H33N3O3/c1-26-19-10-9-17(15-20(19)27-2)16-23-11-13-24(14-12-23)21(25)22-18-7-5-3-4-6-8-18/h9-10,15,18H,3-8,11-14,16H2,1-2H3,(H,22,25). The predicted octanol–water partition coefficient (Wildman–Crippen LogP) is 3.25. The molecule has 2 fully saturated rings. The second-order valence-corrected chi connectivity index (χ2v) is 7.59. The predicted molar refractivity (Wildman–Crippen MR) is 106 cm³/mol. The lowest BCUT2D eigenvalue weighted by molar-refractivity contribution is 0.132. The molecule has 1 saturated carbocycles. The number of hydrogen-bond donors (Lipinski definition) is 1. The van der Waals surface area contributed by atoms with Crippen LogP contribution in [0.5, 0.6) is 11.5 Å². The molecule has 6 nitrogen and oxygen atoms in total. The Labute approximate surface area is 162 Å². The number of amides is 2. The van der Waals surface area contributed by atoms with Crippen LogP contribution in [0.3, 0.4) is 0 Å². The first-order chi connectivity index (χ1) is 13.2. The van der Waals surface area contributed by atoms with Gasteiger partial charge in [0, 0.05) is 38.8 Å². The van der Waals surface area contributed by atoms with Crippen molar-refractivity contribution >= 4 is 6.03 Å². The van der Waals surface area contributed by atoms with Crippen molar-refractivity contribution in [2.75, 3.05) is 40.4 Å². The van der Waals surface area contributed by atoms with E-state index in [9.17, 15) is 4.79 Å². The molecule has 6 heteroatoms. The second-order valence-electron chi connectivity index (χ2n) is 7.59. The quantitative estimate of drug-likeness (QED) is 0.803. The van der Waals surface area contributed by atoms with Gasteiger partial charge in [-0.3, -0.25) is 4.90 Å². The normalized spacial score (nSPS) is 19.4. The first kappa shape index (κ1) is 19.8. The summed E-state index contributed by atoms with van der Waals surface area (Å²) in [4.78, 5) is 16.9. The summed E-state index contributed by atoms with van der Waals surface area (Å²) in [5.74, 6) is 1.51. The van der Waals surface area contributed by atoms with Crippen molar-refractivity contribution in [1.29, 1.82) is 0 Å². The number of benzene rings is 1. The highest BCUT2D eigenvalue weighted by Crippen LogP contribution is 2.28. The SMILES string of the molecule is COc1ccc(CN2CCN(C(=O)NC3CCCCCC3)CC2)cc1OC. The molecule has 1 saturated heterocycles. The number of nitrogens with zero attached hydrogens (tertiary/aromatic N) is 2. The number of rotatable bonds is 5. The summed E-state index contributed by atoms with van der Waals surface area (Å²) >= 11 is 0. The zero-order valence-corrected chi connectivity index (χ0v) is 16.7. The van der Waals surface area contributed by atoms with Crippen molar-refractivity contribution < 1.29 is 14.3 Å². The number of nitrogens with one attached hydrogen (secondary N) is 1. The van der Waals surface area contributed by atoms with Gasteiger partial charge in [-0.1, -0.05) is 31.7 Å². The lowest BCUT2D eigenvalue weighted by atomic mass is 10.1. The highest BCUT2D eigenvalue weighted by atomic mass is 16.5. The highest BCUT2D eigenvalue weighted by Gasteiger charge is 2.23. The molecule has 2 amide bonds. The molecule has 0 atom stereocenters. The van der Waals surface area contributed by atoms with Gasteiger partial charge in [-0.25, -0.2) is 4.79 Å². The van der Waals surface area contributed by atoms with E-state index < -0.39 is 0 Å². The summed E-state index contributed by atoms with van der Waals surface area (Å²) in [7, 11) is 3.31. The first-order valence-electron chi connectivity index (χ1n) is 10.2. The van der Waals surface area contributed by atoms with Gasteiger partial charge in [0.15, 0.2) is 11.5 Å². The van der Waals surface area contributed by atoms with Gasteiger partial charge < -0.3 is 19.7 Å². The third-order valence-electron chi connectivity index (χ3n) is 5.70. The molecule has 27 heavy (non-hydrogen) atoms. The Morgan fingerprint density at radius 2 is 1.67 bits per heavy atom. The van der Waals surface area contributed by atoms with Gasteiger partial charge in [-0.2, -0.15) is 0 Å². The molecule has 0 spiro atoms. The smallest absolute Gasteiger partial charge is 0.317 e. The molecule has 1 aromatic rings. The van der Waals surface area contributed by atoms with Gasteiger partial charge in [0.05, 0.1) is 14.2 Å². The maximum Gasteiger partial charge on any atom is 0.317 e. The van der Waals surface area contributed by atoms with Crippen LogP contribution in [0, 0.1) is 0 Å². The number of carbonyl (C=O) groups is 1. The van der Waals surface area contributed by atoms with Crippen LogP contribution in [0.25, 0.3) is 0 Å². The van der Waals surface area contributed by atoms with E-state index in [1.54, 1.807) is 14.2 Å². The van der Waals surface area contributed by atoms with E-state index in [0.29, 0.717) is 6.04 Å². The highest BCUT2D eigenvalue weighted by molar-refractivity contribution is 5.74. The lowest BCUT2D eigenvalue weighted by Crippen LogP contribution is -2.53. The number of methoxy groups -OCH3 is 2. The summed E-state index contributed by atoms with van der Waals surface area (Å²) < 4.78 is 10.7. The summed E-state index contributed by atoms with van der Waals surface area (Å²) in [6, 6.07) is 6.54. The van der Waals surface area contributed by atoms with Crippen LogP contribution in [0.4, 0.5) is 4.79 Å². The van der Waals surface area contributed by atoms with Crippen LogP contribution < -0.4 is 14.8 Å². The zero-order valence-electron chi connectivity index (χ0n) is 16.7. The average Bonchev–Trinajstić information content (AvgIpc) is 2.97. The third kappa shape index (κ3) is 5.51. The van der Waals surface area contributed by atoms with E-state index in [2.05, 4.69) is 16.3 Å². The summed E-state index contributed by atoms with van der Waals surface area (Å²) in [6.07, 6.45) is 7.35. The molecule has 150 valence electrons. The number of urea groups is 1. The zero-order chi connectivity index (χ0) is 19.1. The maximum atomic E-state index is 12.6. The number of ether oxygens (including phenoxy) is 2. The average molecular weight is 376 g/mol. The van der Waals surface area contributed by atoms with Gasteiger partial charge in [0.25, 0.3) is 0 Å². The van der Waals surface area contributed by atoms with Crippen LogP contribution in [-0.2, 0) is 6.54 Å². The molecule has 0 unspecified atom stereocenters. The lowest BCUT2D eigenvalue weighted by Gasteiger charge is -2.35. The minimum atomic E-state index is 0.118. The molecular formula is C21H33N3O3. The van der Waals surface area contributed by atoms with Crippen molar-refractivity contribution in [1.82, 2.24) is 15.1 Å². The Morgan fingerprint density at radius 3 is 2.30 bits per heavy atom. The van der Waals surface area contributed by atoms with Gasteiger partial charge in [-0.15, -0.1) is 0 Å². The molecule has 1 aromatic carbocycles. The fraction of sp³-hybridized carbons (Fsp3) is 0.667. The molecule has 1 heterocycles. The van der Waals surface area contributed by atoms with Crippen molar-refractivity contribution in [3.05, 3.63) is 23.8 Å². The molecule has 3 rings (SSSR count). The van der Waals surface area contributed by atoms with Crippen molar-refractivity contribution in [2.24, 2.45) is 0 Å². The summed E-state index contributed by atoms with van der Waals surface area (Å²) in [5, 5.41) is 3.26. The van der Waals surface area contributed by atoms with E-state index >= 15 is 0 Å². The Kier molecular flexibility index (Phi) is 7.21. The molecule has 0 radical (unpaired) electrons. The summed E-state index contributed by atoms with van der Waals surface area (Å²) in [5.41, 5.74) is 1.20. The molecule has 1 aliphatic carbocycles. The van der Waals surface area contributed by atoms with Gasteiger partial charge in [0.2, 0.25) is 0 Å². The molecular weight excluding hydrogens is 342 g/mol. The van der Waals surface area contributed by atoms with E-state index in [4.69, 9.17) is 9.47 Å². The number of piperazine rings is 1. The Morgan fingerprint density at radius 1 is 1.00 bits per heavy atom. The topological polar surface area (TPSA) is 54.0 Å². The van der Waals surface area contributed by atoms with Gasteiger partial charge >= 0.3 is 6.03 Å². The third-order valence-corrected chi connectivity index (χ3v) is 5.70. The molecule has 1 aliphatic heterocycles. The van der Waals surface area contributed by atoms with E-state index in [1.165, 1.54) is 31.2 Å². The van der Waals surface area contributed by atoms with Crippen molar-refractivity contribution in [3.8, 4) is 11.5 Å². The minimum absolute atomic E-state index is 0.118. The fourth-order valence-corrected chi connectivity index (χ4v) is 4.04. The monoisotopic (exact) mass is 375 g/mol. The van der Waals surface area contributed by atoms with E-state index in [1.807, 2.05) is 17.0 Å². The number of carbonyl (C=O) groups excluding carboxylic acids is 1. The van der Waals surface area contributed by atoms with E-state index in [0.717, 1.165) is 57.1 Å². The first-order valence-corrected chi connectivity index (χ1v) is 10.2. The molecule has 1 N–H and O–H groups in total. The Bertz CT molecular complexity index is 607. The van der Waals surface area contributed by atoms with Gasteiger partial charge in [-0.05, 0) is 30.5 Å². The van der Waals surface area contributed by atoms with Crippen LogP contribution in [0.1, 0.15) is 44.1 Å². The van der Waals surface area contributed by atoms with Crippen molar-refractivity contribution in [3.63, 3.8) is 0 Å². The molecule has 0 bridgehead atoms. The fourth-order valence-electron chi connectivity index (χ4n) is 4.04. The van der Waals surface area contributed by atoms with Crippen LogP contribution in [-0.4, -0.2) is 62.3 Å². The van der Waals surface area contributed by atoms with Gasteiger partial charge in [0.1, 0.15) is 0 Å². The second kappa shape index (κ2) is 9.83. The van der Waals surface area contributed by atoms with Crippen LogP contribution >= 0.6 is 0 Å². The van der Waals surface area contributed by atoms with Crippen LogP contribution in [0.2, 0.25) is 0 Å². The Hall–Kier alpha value is -1.95. The summed E-state index contributed by atoms with van der Waals surface area (Å²) in [6.45, 7) is 4.22. The van der Waals surface area contributed by atoms with Crippen LogP contribution in [0.15, 0.2) is 18.2 Å². The number of hydrogen-bond acceptors (Lipinski definition) is 4. The molecule has 2 aliphatic rings. The largest absolute Gasteiger partial charge is 0.493 e. The van der Waals surface area contributed by atoms with E-state index in [-0.39, 0.29) is 6.03 Å². The Balaban J connectivity index is 1.46. The molecule has 0 aromatic heterocycles.